The summed E-state index contributed by atoms with van der Waals surface area (Å²) >= 11 is 0. The van der Waals surface area contributed by atoms with Crippen molar-refractivity contribution < 1.29 is 9.59 Å². The third-order valence-corrected chi connectivity index (χ3v) is 6.84. The highest BCUT2D eigenvalue weighted by molar-refractivity contribution is 5.79. The molecule has 6 heteroatoms. The van der Waals surface area contributed by atoms with Crippen LogP contribution in [-0.4, -0.2) is 53.4 Å². The fraction of sp³-hybridized carbons (Fsp3) is 0.696. The van der Waals surface area contributed by atoms with Crippen LogP contribution in [-0.2, 0) is 9.59 Å². The largest absolute Gasteiger partial charge is 0.371 e. The lowest BCUT2D eigenvalue weighted by Gasteiger charge is -2.57. The molecule has 3 aliphatic heterocycles. The van der Waals surface area contributed by atoms with Crippen LogP contribution in [0.5, 0.6) is 0 Å². The van der Waals surface area contributed by atoms with Crippen molar-refractivity contribution in [3.63, 3.8) is 0 Å². The molecule has 3 saturated heterocycles. The average Bonchev–Trinajstić information content (AvgIpc) is 2.67. The normalized spacial score (nSPS) is 29.0. The Morgan fingerprint density at radius 3 is 2.86 bits per heavy atom. The molecule has 3 fully saturated rings. The number of aromatic nitrogens is 1. The monoisotopic (exact) mass is 398 g/mol. The molecule has 4 rings (SSSR count). The molecule has 0 saturated carbocycles. The van der Waals surface area contributed by atoms with Crippen LogP contribution in [0.25, 0.3) is 0 Å². The molecule has 4 atom stereocenters. The maximum atomic E-state index is 12.9. The molecule has 1 aromatic heterocycles. The van der Waals surface area contributed by atoms with Gasteiger partial charge in [0, 0.05) is 56.1 Å². The minimum atomic E-state index is 0.0977. The van der Waals surface area contributed by atoms with E-state index < -0.39 is 0 Å². The molecule has 3 aliphatic rings. The topological polar surface area (TPSA) is 65.5 Å². The number of anilines is 1. The third kappa shape index (κ3) is 4.26. The third-order valence-electron chi connectivity index (χ3n) is 6.84. The fourth-order valence-corrected chi connectivity index (χ4v) is 5.64. The van der Waals surface area contributed by atoms with Crippen molar-refractivity contribution in [3.8, 4) is 0 Å². The summed E-state index contributed by atoms with van der Waals surface area (Å²) < 4.78 is 0. The fourth-order valence-electron chi connectivity index (χ4n) is 5.64. The van der Waals surface area contributed by atoms with Gasteiger partial charge < -0.3 is 15.1 Å². The lowest BCUT2D eigenvalue weighted by molar-refractivity contribution is -0.149. The minimum Gasteiger partial charge on any atom is -0.371 e. The summed E-state index contributed by atoms with van der Waals surface area (Å²) in [6.07, 6.45) is 6.30. The predicted molar refractivity (Wildman–Crippen MR) is 114 cm³/mol. The van der Waals surface area contributed by atoms with Gasteiger partial charge in [0.15, 0.2) is 0 Å². The van der Waals surface area contributed by atoms with Gasteiger partial charge in [-0.15, -0.1) is 0 Å². The predicted octanol–water partition coefficient (Wildman–Crippen LogP) is 2.76. The van der Waals surface area contributed by atoms with Crippen LogP contribution in [0.4, 0.5) is 5.69 Å². The van der Waals surface area contributed by atoms with Crippen molar-refractivity contribution in [2.24, 2.45) is 17.8 Å². The van der Waals surface area contributed by atoms with Gasteiger partial charge in [-0.05, 0) is 56.1 Å². The second-order valence-corrected chi connectivity index (χ2v) is 9.55. The van der Waals surface area contributed by atoms with Crippen LogP contribution in [0.2, 0.25) is 0 Å². The first-order valence-corrected chi connectivity index (χ1v) is 11.2. The van der Waals surface area contributed by atoms with E-state index in [-0.39, 0.29) is 17.9 Å². The van der Waals surface area contributed by atoms with Crippen molar-refractivity contribution in [1.82, 2.24) is 15.2 Å². The summed E-state index contributed by atoms with van der Waals surface area (Å²) in [6.45, 7) is 8.66. The lowest BCUT2D eigenvalue weighted by Crippen LogP contribution is -2.67. The van der Waals surface area contributed by atoms with Crippen molar-refractivity contribution >= 4 is 17.5 Å². The number of fused-ring (bicyclic) bond motifs is 4. The highest BCUT2D eigenvalue weighted by atomic mass is 16.2. The van der Waals surface area contributed by atoms with E-state index in [2.05, 4.69) is 46.1 Å². The smallest absolute Gasteiger partial charge is 0.223 e. The zero-order valence-electron chi connectivity index (χ0n) is 17.9. The first-order chi connectivity index (χ1) is 13.9. The van der Waals surface area contributed by atoms with Crippen molar-refractivity contribution in [1.29, 1.82) is 0 Å². The average molecular weight is 399 g/mol. The van der Waals surface area contributed by atoms with Gasteiger partial charge in [-0.2, -0.15) is 0 Å². The zero-order valence-corrected chi connectivity index (χ0v) is 17.9. The van der Waals surface area contributed by atoms with E-state index in [1.165, 1.54) is 5.69 Å². The molecule has 4 heterocycles. The van der Waals surface area contributed by atoms with E-state index in [0.717, 1.165) is 38.0 Å². The SMILES string of the molecule is Cc1cc(N2C[C@H]3C[C@@H](C2)[C@H](CNC(=O)CC(C)C)N2C(=O)CCC[C@@H]32)ccn1. The molecule has 2 amide bonds. The first-order valence-electron chi connectivity index (χ1n) is 11.2. The second kappa shape index (κ2) is 8.33. The maximum Gasteiger partial charge on any atom is 0.223 e. The zero-order chi connectivity index (χ0) is 20.5. The van der Waals surface area contributed by atoms with Gasteiger partial charge in [-0.3, -0.25) is 14.6 Å². The molecule has 0 radical (unpaired) electrons. The Labute approximate surface area is 174 Å². The standard InChI is InChI=1S/C23H34N4O2/c1-15(2)9-22(28)25-12-21-18-11-17(20-5-4-6-23(29)27(20)21)13-26(14-18)19-7-8-24-16(3)10-19/h7-8,10,15,17-18,20-21H,4-6,9,11-14H2,1-3H3,(H,25,28)/t17-,18+,20+,21+/m1/s1. The van der Waals surface area contributed by atoms with E-state index in [9.17, 15) is 9.59 Å². The van der Waals surface area contributed by atoms with Gasteiger partial charge in [-0.1, -0.05) is 13.8 Å². The Hall–Kier alpha value is -2.11. The molecule has 1 N–H and O–H groups in total. The van der Waals surface area contributed by atoms with E-state index in [1.54, 1.807) is 0 Å². The number of carbonyl (C=O) groups is 2. The highest BCUT2D eigenvalue weighted by Gasteiger charge is 2.49. The number of amides is 2. The molecular weight excluding hydrogens is 364 g/mol. The van der Waals surface area contributed by atoms with Crippen LogP contribution >= 0.6 is 0 Å². The van der Waals surface area contributed by atoms with Crippen LogP contribution in [0.3, 0.4) is 0 Å². The molecular formula is C23H34N4O2. The Morgan fingerprint density at radius 1 is 1.31 bits per heavy atom. The molecule has 0 spiro atoms. The van der Waals surface area contributed by atoms with Gasteiger partial charge >= 0.3 is 0 Å². The van der Waals surface area contributed by atoms with Crippen LogP contribution in [0.15, 0.2) is 18.3 Å². The maximum absolute atomic E-state index is 12.9. The van der Waals surface area contributed by atoms with Crippen LogP contribution < -0.4 is 10.2 Å². The van der Waals surface area contributed by atoms with Gasteiger partial charge in [0.2, 0.25) is 11.8 Å². The van der Waals surface area contributed by atoms with Crippen molar-refractivity contribution in [2.45, 2.75) is 65.0 Å². The molecule has 158 valence electrons. The van der Waals surface area contributed by atoms with E-state index in [4.69, 9.17) is 0 Å². The van der Waals surface area contributed by atoms with Gasteiger partial charge in [0.1, 0.15) is 0 Å². The van der Waals surface area contributed by atoms with Crippen LogP contribution in [0.1, 0.15) is 51.6 Å². The first kappa shape index (κ1) is 20.2. The van der Waals surface area contributed by atoms with Crippen molar-refractivity contribution in [3.05, 3.63) is 24.0 Å². The molecule has 1 aromatic rings. The number of hydrogen-bond donors (Lipinski definition) is 1. The molecule has 29 heavy (non-hydrogen) atoms. The number of piperidine rings is 3. The molecule has 6 nitrogen and oxygen atoms in total. The summed E-state index contributed by atoms with van der Waals surface area (Å²) in [7, 11) is 0. The van der Waals surface area contributed by atoms with E-state index in [1.807, 2.05) is 13.1 Å². The second-order valence-electron chi connectivity index (χ2n) is 9.55. The number of pyridine rings is 1. The summed E-state index contributed by atoms with van der Waals surface area (Å²) in [5.74, 6) is 1.62. The number of aryl methyl sites for hydroxylation is 1. The Morgan fingerprint density at radius 2 is 2.10 bits per heavy atom. The van der Waals surface area contributed by atoms with E-state index in [0.29, 0.717) is 43.2 Å². The minimum absolute atomic E-state index is 0.0977. The summed E-state index contributed by atoms with van der Waals surface area (Å²) in [5, 5.41) is 3.14. The van der Waals surface area contributed by atoms with Crippen LogP contribution in [0, 0.1) is 24.7 Å². The highest BCUT2D eigenvalue weighted by Crippen LogP contribution is 2.42. The summed E-state index contributed by atoms with van der Waals surface area (Å²) in [5.41, 5.74) is 2.26. The number of nitrogens with zero attached hydrogens (tertiary/aromatic N) is 3. The molecule has 0 unspecified atom stereocenters. The number of hydrogen-bond acceptors (Lipinski definition) is 4. The molecule has 2 bridgehead atoms. The summed E-state index contributed by atoms with van der Waals surface area (Å²) in [4.78, 5) is 34.2. The van der Waals surface area contributed by atoms with Gasteiger partial charge in [0.25, 0.3) is 0 Å². The Bertz CT molecular complexity index is 765. The Balaban J connectivity index is 1.55. The van der Waals surface area contributed by atoms with Crippen molar-refractivity contribution in [2.75, 3.05) is 24.5 Å². The number of carbonyl (C=O) groups excluding carboxylic acids is 2. The molecule has 0 aliphatic carbocycles. The lowest BCUT2D eigenvalue weighted by atomic mass is 9.72. The van der Waals surface area contributed by atoms with Gasteiger partial charge in [-0.25, -0.2) is 0 Å². The molecule has 0 aromatic carbocycles. The number of nitrogens with one attached hydrogen (secondary N) is 1. The quantitative estimate of drug-likeness (QED) is 0.828. The van der Waals surface area contributed by atoms with Gasteiger partial charge in [0.05, 0.1) is 6.04 Å². The Kier molecular flexibility index (Phi) is 5.79. The summed E-state index contributed by atoms with van der Waals surface area (Å²) in [6, 6.07) is 4.66. The van der Waals surface area contributed by atoms with E-state index >= 15 is 0 Å². The number of rotatable bonds is 5.